The highest BCUT2D eigenvalue weighted by atomic mass is 32.2. The molecule has 63 heavy (non-hydrogen) atoms. The zero-order valence-electron chi connectivity index (χ0n) is 36.5. The molecule has 0 aliphatic heterocycles. The summed E-state index contributed by atoms with van der Waals surface area (Å²) in [6.45, 7) is 11.6. The van der Waals surface area contributed by atoms with Gasteiger partial charge in [-0.15, -0.1) is 34.4 Å². The van der Waals surface area contributed by atoms with Gasteiger partial charge in [0, 0.05) is 69.4 Å². The van der Waals surface area contributed by atoms with E-state index in [2.05, 4.69) is 40.2 Å². The molecule has 0 fully saturated rings. The number of alkyl carbamates (subject to hydrolysis) is 2. The molecule has 0 aliphatic rings. The monoisotopic (exact) mass is 928 g/mol. The van der Waals surface area contributed by atoms with Gasteiger partial charge >= 0.3 is 12.2 Å². The maximum absolute atomic E-state index is 12.5. The molecule has 330 valence electrons. The van der Waals surface area contributed by atoms with Crippen molar-refractivity contribution in [2.75, 3.05) is 12.5 Å². The Labute approximate surface area is 378 Å². The van der Waals surface area contributed by atoms with Crippen molar-refractivity contribution in [3.05, 3.63) is 83.6 Å². The molecule has 8 aromatic heterocycles. The van der Waals surface area contributed by atoms with Gasteiger partial charge in [-0.3, -0.25) is 22.4 Å². The van der Waals surface area contributed by atoms with Gasteiger partial charge in [-0.2, -0.15) is 10.2 Å². The largest absolute Gasteiger partial charge is 0.444 e. The molecule has 0 saturated carbocycles. The number of carbonyl (C=O) groups excluding carboxylic acids is 2. The Hall–Kier alpha value is -5.90. The van der Waals surface area contributed by atoms with E-state index < -0.39 is 34.2 Å². The number of ether oxygens (including phenoxy) is 2. The van der Waals surface area contributed by atoms with Crippen LogP contribution < -0.4 is 10.6 Å². The van der Waals surface area contributed by atoms with Crippen LogP contribution >= 0.6 is 34.4 Å². The molecular formula is C42H48N12O5S4. The Balaban J connectivity index is 0.000000189. The van der Waals surface area contributed by atoms with Gasteiger partial charge in [-0.1, -0.05) is 0 Å². The van der Waals surface area contributed by atoms with Crippen molar-refractivity contribution in [3.63, 3.8) is 0 Å². The number of aryl methyl sites for hydroxylation is 2. The lowest BCUT2D eigenvalue weighted by Crippen LogP contribution is -2.32. The topological polar surface area (TPSA) is 190 Å². The fourth-order valence-electron chi connectivity index (χ4n) is 6.37. The molecule has 8 aromatic rings. The van der Waals surface area contributed by atoms with Crippen LogP contribution in [0.15, 0.2) is 82.5 Å². The van der Waals surface area contributed by atoms with E-state index in [1.807, 2.05) is 126 Å². The highest BCUT2D eigenvalue weighted by Gasteiger charge is 2.22. The fourth-order valence-corrected chi connectivity index (χ4v) is 9.28. The molecule has 2 N–H and O–H groups in total. The van der Waals surface area contributed by atoms with Crippen LogP contribution in [0.5, 0.6) is 0 Å². The van der Waals surface area contributed by atoms with E-state index in [-0.39, 0.29) is 6.54 Å². The minimum absolute atomic E-state index is 0.289. The molecule has 0 bridgehead atoms. The smallest absolute Gasteiger partial charge is 0.407 e. The number of hydrogen-bond donors (Lipinski definition) is 2. The lowest BCUT2D eigenvalue weighted by Gasteiger charge is -2.19. The number of imidazole rings is 2. The third-order valence-corrected chi connectivity index (χ3v) is 12.4. The summed E-state index contributed by atoms with van der Waals surface area (Å²) in [5.41, 5.74) is 7.25. The van der Waals surface area contributed by atoms with Gasteiger partial charge in [-0.05, 0) is 81.8 Å². The average Bonchev–Trinajstić information content (AvgIpc) is 4.07. The van der Waals surface area contributed by atoms with Gasteiger partial charge in [0.05, 0.1) is 68.1 Å². The average molecular weight is 929 g/mol. The fraction of sp³-hybridized carbons (Fsp3) is 0.333. The normalized spacial score (nSPS) is 12.3. The molecule has 8 rings (SSSR count). The summed E-state index contributed by atoms with van der Waals surface area (Å²) < 4.78 is 30.6. The van der Waals surface area contributed by atoms with E-state index in [9.17, 15) is 13.8 Å². The molecule has 1 unspecified atom stereocenters. The van der Waals surface area contributed by atoms with Gasteiger partial charge in [-0.25, -0.2) is 29.5 Å². The minimum Gasteiger partial charge on any atom is -0.444 e. The number of rotatable bonds is 10. The highest BCUT2D eigenvalue weighted by molar-refractivity contribution is 7.98. The summed E-state index contributed by atoms with van der Waals surface area (Å²) in [7, 11) is 2.40. The molecule has 0 saturated heterocycles. The summed E-state index contributed by atoms with van der Waals surface area (Å²) >= 11 is 4.64. The van der Waals surface area contributed by atoms with Crippen molar-refractivity contribution in [3.8, 4) is 43.7 Å². The molecule has 2 amide bonds. The first-order valence-corrected chi connectivity index (χ1v) is 24.1. The van der Waals surface area contributed by atoms with Crippen molar-refractivity contribution in [2.24, 2.45) is 14.1 Å². The molecule has 8 heterocycles. The van der Waals surface area contributed by atoms with E-state index >= 15 is 0 Å². The maximum Gasteiger partial charge on any atom is 0.407 e. The Morgan fingerprint density at radius 3 is 1.60 bits per heavy atom. The zero-order chi connectivity index (χ0) is 45.2. The quantitative estimate of drug-likeness (QED) is 0.125. The van der Waals surface area contributed by atoms with Crippen LogP contribution in [-0.2, 0) is 47.5 Å². The summed E-state index contributed by atoms with van der Waals surface area (Å²) in [5, 5.41) is 19.3. The van der Waals surface area contributed by atoms with E-state index in [0.717, 1.165) is 59.8 Å². The second kappa shape index (κ2) is 18.4. The Bertz CT molecular complexity index is 2940. The van der Waals surface area contributed by atoms with Crippen LogP contribution in [0.4, 0.5) is 9.59 Å². The van der Waals surface area contributed by atoms with Crippen molar-refractivity contribution >= 4 is 68.7 Å². The predicted molar refractivity (Wildman–Crippen MR) is 247 cm³/mol. The summed E-state index contributed by atoms with van der Waals surface area (Å²) in [5.74, 6) is 0. The summed E-state index contributed by atoms with van der Waals surface area (Å²) in [6.07, 6.45) is 17.5. The SMILES string of the molecule is CSc1nc(-c2sccc2CNC(=O)OC(C)(C)C)cn2c(-c3cnn(C)c3)cnc12.Cn1cc(-c2cnc3c(S(C)=O)nc(-c4sccc4CNC(=O)OC(C)(C)C)cn23)cn1. The highest BCUT2D eigenvalue weighted by Crippen LogP contribution is 2.34. The van der Waals surface area contributed by atoms with Gasteiger partial charge in [0.15, 0.2) is 16.3 Å². The van der Waals surface area contributed by atoms with Crippen LogP contribution in [0, 0.1) is 0 Å². The molecular weight excluding hydrogens is 881 g/mol. The van der Waals surface area contributed by atoms with E-state index in [0.29, 0.717) is 22.9 Å². The predicted octanol–water partition coefficient (Wildman–Crippen LogP) is 8.23. The van der Waals surface area contributed by atoms with Gasteiger partial charge < -0.3 is 20.1 Å². The standard InChI is InChI=1S/C21H24N6O3S2.C21H24N6O2S2/c1-21(2,3)30-20(28)23-8-13-6-7-31-17(13)15-12-27-16(14-9-24-26(4)11-14)10-22-18(27)19(25-15)32(5)29;1-21(2,3)29-20(28)23-8-13-6-7-31-17(13)15-12-27-16(14-9-24-26(4)11-14)10-22-18(27)19(25-15)30-5/h6-7,9-12H,8H2,1-5H3,(H,23,28);6-7,9-12H,8H2,1-5H3,(H,23,28). The van der Waals surface area contributed by atoms with Crippen LogP contribution in [-0.4, -0.2) is 88.4 Å². The first-order chi connectivity index (χ1) is 29.9. The molecule has 1 atom stereocenters. The van der Waals surface area contributed by atoms with E-state index in [1.165, 1.54) is 11.3 Å². The van der Waals surface area contributed by atoms with E-state index in [1.54, 1.807) is 51.1 Å². The first kappa shape index (κ1) is 45.1. The molecule has 0 radical (unpaired) electrons. The zero-order valence-corrected chi connectivity index (χ0v) is 39.8. The number of aromatic nitrogens is 10. The second-order valence-corrected chi connectivity index (χ2v) is 20.2. The van der Waals surface area contributed by atoms with Crippen molar-refractivity contribution < 1.29 is 23.3 Å². The number of thioether (sulfide) groups is 1. The number of nitrogens with zero attached hydrogens (tertiary/aromatic N) is 10. The number of carbonyl (C=O) groups is 2. The lowest BCUT2D eigenvalue weighted by molar-refractivity contribution is 0.0512. The number of nitrogens with one attached hydrogen (secondary N) is 2. The summed E-state index contributed by atoms with van der Waals surface area (Å²) in [4.78, 5) is 44.6. The van der Waals surface area contributed by atoms with Gasteiger partial charge in [0.1, 0.15) is 16.2 Å². The van der Waals surface area contributed by atoms with Crippen LogP contribution in [0.3, 0.4) is 0 Å². The van der Waals surface area contributed by atoms with Crippen molar-refractivity contribution in [1.29, 1.82) is 0 Å². The number of thiophene rings is 2. The minimum atomic E-state index is -1.34. The molecule has 0 aliphatic carbocycles. The Morgan fingerprint density at radius 2 is 1.17 bits per heavy atom. The van der Waals surface area contributed by atoms with Crippen LogP contribution in [0.25, 0.3) is 55.0 Å². The van der Waals surface area contributed by atoms with E-state index in [4.69, 9.17) is 14.5 Å². The summed E-state index contributed by atoms with van der Waals surface area (Å²) in [6, 6.07) is 3.93. The van der Waals surface area contributed by atoms with Crippen molar-refractivity contribution in [1.82, 2.24) is 58.9 Å². The lowest BCUT2D eigenvalue weighted by atomic mass is 10.2. The van der Waals surface area contributed by atoms with Gasteiger partial charge in [0.25, 0.3) is 0 Å². The third kappa shape index (κ3) is 10.7. The number of hydrogen-bond acceptors (Lipinski definition) is 14. The van der Waals surface area contributed by atoms with Crippen LogP contribution in [0.2, 0.25) is 0 Å². The Morgan fingerprint density at radius 1 is 0.714 bits per heavy atom. The molecule has 0 aromatic carbocycles. The Kier molecular flexibility index (Phi) is 13.2. The van der Waals surface area contributed by atoms with Crippen molar-refractivity contribution in [2.45, 2.75) is 75.9 Å². The third-order valence-electron chi connectivity index (χ3n) is 8.99. The molecule has 17 nitrogen and oxygen atoms in total. The number of fused-ring (bicyclic) bond motifs is 2. The second-order valence-electron chi connectivity index (χ2n) is 16.3. The van der Waals surface area contributed by atoms with Gasteiger partial charge in [0.2, 0.25) is 0 Å². The first-order valence-electron chi connectivity index (χ1n) is 19.6. The van der Waals surface area contributed by atoms with Crippen LogP contribution in [0.1, 0.15) is 52.7 Å². The number of amides is 2. The maximum atomic E-state index is 12.5. The molecule has 0 spiro atoms. The molecule has 21 heteroatoms.